The van der Waals surface area contributed by atoms with Crippen LogP contribution in [0, 0.1) is 6.92 Å². The molecule has 4 rings (SSSR count). The van der Waals surface area contributed by atoms with Crippen LogP contribution in [0.25, 0.3) is 0 Å². The van der Waals surface area contributed by atoms with Gasteiger partial charge in [0.15, 0.2) is 0 Å². The number of aromatic nitrogens is 2. The molecule has 0 spiro atoms. The lowest BCUT2D eigenvalue weighted by Gasteiger charge is -2.16. The van der Waals surface area contributed by atoms with Crippen molar-refractivity contribution in [2.45, 2.75) is 37.5 Å². The first kappa shape index (κ1) is 21.5. The number of carbonyl (C=O) groups excluding carboxylic acids is 2. The fraction of sp³-hybridized carbons (Fsp3) is 0.304. The van der Waals surface area contributed by atoms with Crippen LogP contribution in [-0.4, -0.2) is 34.3 Å². The Balaban J connectivity index is 1.44. The Bertz CT molecular complexity index is 1080. The molecule has 0 aliphatic carbocycles. The summed E-state index contributed by atoms with van der Waals surface area (Å²) in [5.74, 6) is 0.826. The van der Waals surface area contributed by atoms with Gasteiger partial charge in [0.2, 0.25) is 11.0 Å². The fourth-order valence-corrected chi connectivity index (χ4v) is 5.20. The molecule has 1 aliphatic rings. The second-order valence-corrected chi connectivity index (χ2v) is 9.63. The normalized spacial score (nSPS) is 16.0. The number of carbonyl (C=O) groups is 2. The minimum Gasteiger partial charge on any atom is -0.312 e. The first-order valence-electron chi connectivity index (χ1n) is 10.3. The summed E-state index contributed by atoms with van der Waals surface area (Å²) in [6.45, 7) is 4.71. The molecule has 160 valence electrons. The summed E-state index contributed by atoms with van der Waals surface area (Å²) in [5.41, 5.74) is 2.70. The lowest BCUT2D eigenvalue weighted by atomic mass is 10.1. The number of nitrogens with one attached hydrogen (secondary N) is 1. The van der Waals surface area contributed by atoms with E-state index in [1.807, 2.05) is 55.5 Å². The number of rotatable bonds is 7. The molecule has 0 bridgehead atoms. The van der Waals surface area contributed by atoms with E-state index in [4.69, 9.17) is 0 Å². The van der Waals surface area contributed by atoms with E-state index in [1.165, 1.54) is 11.3 Å². The largest absolute Gasteiger partial charge is 0.312 e. The van der Waals surface area contributed by atoms with Crippen LogP contribution >= 0.6 is 23.1 Å². The van der Waals surface area contributed by atoms with Gasteiger partial charge in [0, 0.05) is 29.5 Å². The molecule has 0 saturated carbocycles. The third-order valence-electron chi connectivity index (χ3n) is 5.07. The standard InChI is InChI=1S/C23H24N4O2S2/c1-3-12-30-19-7-5-4-6-18(19)21(29)24-23-26-25-22(31-23)16-13-20(28)27(14-16)17-10-8-15(2)9-11-17/h4-11,16H,3,12-14H2,1-2H3,(H,24,26,29). The minimum absolute atomic E-state index is 0.0237. The number of benzene rings is 2. The maximum absolute atomic E-state index is 12.8. The molecule has 6 nitrogen and oxygen atoms in total. The Hall–Kier alpha value is -2.71. The number of anilines is 2. The SMILES string of the molecule is CCCSc1ccccc1C(=O)Nc1nnc(C2CC(=O)N(c3ccc(C)cc3)C2)s1. The number of nitrogens with zero attached hydrogens (tertiary/aromatic N) is 3. The van der Waals surface area contributed by atoms with E-state index in [0.29, 0.717) is 23.7 Å². The number of amides is 2. The molecule has 2 heterocycles. The van der Waals surface area contributed by atoms with E-state index in [9.17, 15) is 9.59 Å². The van der Waals surface area contributed by atoms with Crippen molar-refractivity contribution in [3.05, 3.63) is 64.7 Å². The van der Waals surface area contributed by atoms with Crippen molar-refractivity contribution in [1.82, 2.24) is 10.2 Å². The second-order valence-electron chi connectivity index (χ2n) is 7.49. The Labute approximate surface area is 190 Å². The van der Waals surface area contributed by atoms with Crippen molar-refractivity contribution in [2.24, 2.45) is 0 Å². The Kier molecular flexibility index (Phi) is 6.67. The zero-order valence-electron chi connectivity index (χ0n) is 17.5. The quantitative estimate of drug-likeness (QED) is 0.504. The molecule has 1 fully saturated rings. The predicted octanol–water partition coefficient (Wildman–Crippen LogP) is 5.12. The van der Waals surface area contributed by atoms with Gasteiger partial charge >= 0.3 is 0 Å². The van der Waals surface area contributed by atoms with Gasteiger partial charge in [0.25, 0.3) is 5.91 Å². The Morgan fingerprint density at radius 1 is 1.19 bits per heavy atom. The monoisotopic (exact) mass is 452 g/mol. The zero-order valence-corrected chi connectivity index (χ0v) is 19.1. The number of hydrogen-bond donors (Lipinski definition) is 1. The van der Waals surface area contributed by atoms with E-state index in [1.54, 1.807) is 16.7 Å². The molecule has 1 aliphatic heterocycles. The maximum atomic E-state index is 12.8. The van der Waals surface area contributed by atoms with Crippen LogP contribution < -0.4 is 10.2 Å². The average Bonchev–Trinajstić information content (AvgIpc) is 3.39. The van der Waals surface area contributed by atoms with Gasteiger partial charge in [-0.2, -0.15) is 0 Å². The first-order valence-corrected chi connectivity index (χ1v) is 12.1. The highest BCUT2D eigenvalue weighted by Crippen LogP contribution is 2.34. The highest BCUT2D eigenvalue weighted by atomic mass is 32.2. The highest BCUT2D eigenvalue weighted by Gasteiger charge is 2.34. The second kappa shape index (κ2) is 9.62. The Morgan fingerprint density at radius 3 is 2.74 bits per heavy atom. The van der Waals surface area contributed by atoms with E-state index in [-0.39, 0.29) is 17.7 Å². The topological polar surface area (TPSA) is 75.2 Å². The van der Waals surface area contributed by atoms with Gasteiger partial charge in [0.05, 0.1) is 5.56 Å². The van der Waals surface area contributed by atoms with Crippen molar-refractivity contribution in [1.29, 1.82) is 0 Å². The van der Waals surface area contributed by atoms with Crippen LogP contribution in [-0.2, 0) is 4.79 Å². The van der Waals surface area contributed by atoms with Crippen molar-refractivity contribution in [3.63, 3.8) is 0 Å². The van der Waals surface area contributed by atoms with E-state index in [0.717, 1.165) is 33.3 Å². The molecule has 1 atom stereocenters. The maximum Gasteiger partial charge on any atom is 0.258 e. The van der Waals surface area contributed by atoms with E-state index < -0.39 is 0 Å². The van der Waals surface area contributed by atoms with Crippen molar-refractivity contribution < 1.29 is 9.59 Å². The number of aryl methyl sites for hydroxylation is 1. The van der Waals surface area contributed by atoms with Crippen LogP contribution in [0.5, 0.6) is 0 Å². The summed E-state index contributed by atoms with van der Waals surface area (Å²) in [6.07, 6.45) is 1.44. The molecule has 1 unspecified atom stereocenters. The van der Waals surface area contributed by atoms with Crippen molar-refractivity contribution in [2.75, 3.05) is 22.5 Å². The van der Waals surface area contributed by atoms with Crippen molar-refractivity contribution >= 4 is 45.7 Å². The summed E-state index contributed by atoms with van der Waals surface area (Å²) in [4.78, 5) is 28.1. The van der Waals surface area contributed by atoms with Gasteiger partial charge in [-0.05, 0) is 43.4 Å². The molecule has 8 heteroatoms. The highest BCUT2D eigenvalue weighted by molar-refractivity contribution is 7.99. The molecular weight excluding hydrogens is 428 g/mol. The van der Waals surface area contributed by atoms with Crippen LogP contribution in [0.15, 0.2) is 53.4 Å². The van der Waals surface area contributed by atoms with Gasteiger partial charge in [-0.1, -0.05) is 48.1 Å². The van der Waals surface area contributed by atoms with Gasteiger partial charge in [-0.3, -0.25) is 14.9 Å². The van der Waals surface area contributed by atoms with Crippen LogP contribution in [0.3, 0.4) is 0 Å². The van der Waals surface area contributed by atoms with Gasteiger partial charge in [-0.25, -0.2) is 0 Å². The Morgan fingerprint density at radius 2 is 1.97 bits per heavy atom. The molecule has 1 saturated heterocycles. The minimum atomic E-state index is -0.189. The molecular formula is C23H24N4O2S2. The summed E-state index contributed by atoms with van der Waals surface area (Å²) in [6, 6.07) is 15.5. The molecule has 3 aromatic rings. The van der Waals surface area contributed by atoms with Gasteiger partial charge < -0.3 is 4.90 Å². The zero-order chi connectivity index (χ0) is 21.8. The molecule has 0 radical (unpaired) electrons. The van der Waals surface area contributed by atoms with E-state index in [2.05, 4.69) is 22.4 Å². The average molecular weight is 453 g/mol. The molecule has 2 aromatic carbocycles. The molecule has 2 amide bonds. The third-order valence-corrected chi connectivity index (χ3v) is 7.35. The summed E-state index contributed by atoms with van der Waals surface area (Å²) in [5, 5.41) is 12.5. The molecule has 1 aromatic heterocycles. The summed E-state index contributed by atoms with van der Waals surface area (Å²) >= 11 is 3.01. The van der Waals surface area contributed by atoms with Crippen LogP contribution in [0.2, 0.25) is 0 Å². The number of thioether (sulfide) groups is 1. The predicted molar refractivity (Wildman–Crippen MR) is 126 cm³/mol. The summed E-state index contributed by atoms with van der Waals surface area (Å²) in [7, 11) is 0. The third kappa shape index (κ3) is 4.97. The molecule has 1 N–H and O–H groups in total. The lowest BCUT2D eigenvalue weighted by molar-refractivity contribution is -0.117. The molecule has 31 heavy (non-hydrogen) atoms. The fourth-order valence-electron chi connectivity index (χ4n) is 3.45. The lowest BCUT2D eigenvalue weighted by Crippen LogP contribution is -2.24. The van der Waals surface area contributed by atoms with Crippen LogP contribution in [0.1, 0.15) is 46.6 Å². The van der Waals surface area contributed by atoms with Gasteiger partial charge in [0.1, 0.15) is 5.01 Å². The smallest absolute Gasteiger partial charge is 0.258 e. The van der Waals surface area contributed by atoms with Gasteiger partial charge in [-0.15, -0.1) is 22.0 Å². The van der Waals surface area contributed by atoms with Crippen molar-refractivity contribution in [3.8, 4) is 0 Å². The summed E-state index contributed by atoms with van der Waals surface area (Å²) < 4.78 is 0. The van der Waals surface area contributed by atoms with E-state index >= 15 is 0 Å². The first-order chi connectivity index (χ1) is 15.0. The number of hydrogen-bond acceptors (Lipinski definition) is 6. The van der Waals surface area contributed by atoms with Crippen LogP contribution in [0.4, 0.5) is 10.8 Å².